The number of benzene rings is 2. The van der Waals surface area contributed by atoms with Crippen molar-refractivity contribution >= 4 is 12.2 Å². The van der Waals surface area contributed by atoms with Gasteiger partial charge >= 0.3 is 0 Å². The van der Waals surface area contributed by atoms with Crippen molar-refractivity contribution in [1.29, 1.82) is 5.26 Å². The third-order valence-electron chi connectivity index (χ3n) is 4.18. The average molecular weight is 361 g/mol. The third-order valence-corrected chi connectivity index (χ3v) is 4.18. The van der Waals surface area contributed by atoms with Crippen molar-refractivity contribution in [3.63, 3.8) is 0 Å². The van der Waals surface area contributed by atoms with E-state index in [0.717, 1.165) is 42.9 Å². The molecule has 2 rings (SSSR count). The summed E-state index contributed by atoms with van der Waals surface area (Å²) >= 11 is 0. The summed E-state index contributed by atoms with van der Waals surface area (Å²) in [6, 6.07) is 17.8. The predicted molar refractivity (Wildman–Crippen MR) is 111 cm³/mol. The van der Waals surface area contributed by atoms with E-state index in [1.165, 1.54) is 25.5 Å². The molecule has 3 heteroatoms. The minimum absolute atomic E-state index is 0.676. The van der Waals surface area contributed by atoms with Crippen LogP contribution in [0.1, 0.15) is 48.8 Å². The maximum absolute atomic E-state index is 8.82. The van der Waals surface area contributed by atoms with Gasteiger partial charge in [0.15, 0.2) is 0 Å². The summed E-state index contributed by atoms with van der Waals surface area (Å²) in [7, 11) is 0. The van der Waals surface area contributed by atoms with E-state index in [1.54, 1.807) is 0 Å². The molecule has 0 saturated heterocycles. The minimum Gasteiger partial charge on any atom is -0.502 e. The maximum atomic E-state index is 8.82. The van der Waals surface area contributed by atoms with Gasteiger partial charge in [-0.15, -0.1) is 0 Å². The summed E-state index contributed by atoms with van der Waals surface area (Å²) in [5.74, 6) is 0.907. The molecule has 3 nitrogen and oxygen atoms in total. The molecule has 0 amide bonds. The van der Waals surface area contributed by atoms with Crippen LogP contribution in [0.25, 0.3) is 12.2 Å². The fraction of sp³-hybridized carbons (Fsp3) is 0.292. The van der Waals surface area contributed by atoms with Crippen LogP contribution in [0.2, 0.25) is 0 Å². The predicted octanol–water partition coefficient (Wildman–Crippen LogP) is 6.22. The zero-order valence-corrected chi connectivity index (χ0v) is 15.8. The van der Waals surface area contributed by atoms with Gasteiger partial charge in [0, 0.05) is 0 Å². The molecule has 0 heterocycles. The van der Waals surface area contributed by atoms with Gasteiger partial charge in [-0.2, -0.15) is 5.26 Å². The van der Waals surface area contributed by atoms with Crippen molar-refractivity contribution in [2.45, 2.75) is 32.1 Å². The summed E-state index contributed by atoms with van der Waals surface area (Å²) < 4.78 is 10.9. The molecule has 140 valence electrons. The number of ether oxygens (including phenoxy) is 2. The van der Waals surface area contributed by atoms with E-state index in [0.29, 0.717) is 5.56 Å². The molecule has 0 saturated carbocycles. The van der Waals surface area contributed by atoms with Crippen molar-refractivity contribution < 1.29 is 9.47 Å². The Balaban J connectivity index is 1.65. The third kappa shape index (κ3) is 8.29. The number of hydrogen-bond acceptors (Lipinski definition) is 3. The van der Waals surface area contributed by atoms with Crippen LogP contribution in [0, 0.1) is 11.3 Å². The van der Waals surface area contributed by atoms with Crippen LogP contribution < -0.4 is 4.74 Å². The Morgan fingerprint density at radius 1 is 0.778 bits per heavy atom. The van der Waals surface area contributed by atoms with Crippen molar-refractivity contribution in [3.05, 3.63) is 78.1 Å². The fourth-order valence-electron chi connectivity index (χ4n) is 2.63. The van der Waals surface area contributed by atoms with Crippen molar-refractivity contribution in [2.24, 2.45) is 0 Å². The van der Waals surface area contributed by atoms with Crippen LogP contribution in [0.4, 0.5) is 0 Å². The highest BCUT2D eigenvalue weighted by Crippen LogP contribution is 2.15. The van der Waals surface area contributed by atoms with Gasteiger partial charge in [0.2, 0.25) is 0 Å². The number of nitriles is 1. The summed E-state index contributed by atoms with van der Waals surface area (Å²) in [5, 5.41) is 8.82. The molecule has 0 aliphatic heterocycles. The second-order valence-electron chi connectivity index (χ2n) is 6.29. The highest BCUT2D eigenvalue weighted by molar-refractivity contribution is 5.70. The van der Waals surface area contributed by atoms with Crippen molar-refractivity contribution in [3.8, 4) is 11.8 Å². The topological polar surface area (TPSA) is 42.2 Å². The van der Waals surface area contributed by atoms with Gasteiger partial charge in [-0.3, -0.25) is 0 Å². The zero-order valence-electron chi connectivity index (χ0n) is 15.8. The Morgan fingerprint density at radius 2 is 1.33 bits per heavy atom. The smallest absolute Gasteiger partial charge is 0.119 e. The molecule has 2 aromatic carbocycles. The van der Waals surface area contributed by atoms with Crippen LogP contribution in [0.3, 0.4) is 0 Å². The number of unbranched alkanes of at least 4 members (excludes halogenated alkanes) is 4. The van der Waals surface area contributed by atoms with Crippen molar-refractivity contribution in [1.82, 2.24) is 0 Å². The average Bonchev–Trinajstić information content (AvgIpc) is 2.72. The Morgan fingerprint density at radius 3 is 1.93 bits per heavy atom. The number of rotatable bonds is 12. The molecule has 0 aliphatic carbocycles. The molecule has 0 spiro atoms. The SMILES string of the molecule is C=COCCCCCCCOc1ccc(/C=C/c2ccc(C#N)cc2)cc1. The van der Waals surface area contributed by atoms with E-state index in [2.05, 4.69) is 30.9 Å². The summed E-state index contributed by atoms with van der Waals surface area (Å²) in [6.07, 6.45) is 11.3. The van der Waals surface area contributed by atoms with E-state index in [9.17, 15) is 0 Å². The first kappa shape index (κ1) is 20.3. The molecule has 0 bridgehead atoms. The lowest BCUT2D eigenvalue weighted by Crippen LogP contribution is -1.97. The lowest BCUT2D eigenvalue weighted by Gasteiger charge is -2.06. The van der Waals surface area contributed by atoms with Gasteiger partial charge < -0.3 is 9.47 Å². The van der Waals surface area contributed by atoms with E-state index in [1.807, 2.05) is 42.5 Å². The summed E-state index contributed by atoms with van der Waals surface area (Å²) in [4.78, 5) is 0. The fourth-order valence-corrected chi connectivity index (χ4v) is 2.63. The molecule has 0 unspecified atom stereocenters. The lowest BCUT2D eigenvalue weighted by molar-refractivity contribution is 0.240. The first-order chi connectivity index (χ1) is 13.3. The zero-order chi connectivity index (χ0) is 19.2. The Bertz CT molecular complexity index is 739. The van der Waals surface area contributed by atoms with Gasteiger partial charge in [-0.05, 0) is 48.2 Å². The molecular formula is C24H27NO2. The monoisotopic (exact) mass is 361 g/mol. The molecule has 0 atom stereocenters. The van der Waals surface area contributed by atoms with Gasteiger partial charge in [0.1, 0.15) is 5.75 Å². The second kappa shape index (κ2) is 12.4. The van der Waals surface area contributed by atoms with E-state index >= 15 is 0 Å². The van der Waals surface area contributed by atoms with Gasteiger partial charge in [0.05, 0.1) is 31.1 Å². The van der Waals surface area contributed by atoms with Gasteiger partial charge in [0.25, 0.3) is 0 Å². The Labute approximate surface area is 162 Å². The number of nitrogens with zero attached hydrogens (tertiary/aromatic N) is 1. The maximum Gasteiger partial charge on any atom is 0.119 e. The van der Waals surface area contributed by atoms with Crippen LogP contribution in [0.15, 0.2) is 61.4 Å². The normalized spacial score (nSPS) is 10.5. The van der Waals surface area contributed by atoms with Crippen LogP contribution >= 0.6 is 0 Å². The molecule has 0 aromatic heterocycles. The molecule has 0 fully saturated rings. The van der Waals surface area contributed by atoms with Gasteiger partial charge in [-0.25, -0.2) is 0 Å². The van der Waals surface area contributed by atoms with E-state index in [4.69, 9.17) is 14.7 Å². The summed E-state index contributed by atoms with van der Waals surface area (Å²) in [5.41, 5.74) is 2.87. The highest BCUT2D eigenvalue weighted by Gasteiger charge is 1.96. The van der Waals surface area contributed by atoms with Crippen LogP contribution in [-0.4, -0.2) is 13.2 Å². The molecule has 27 heavy (non-hydrogen) atoms. The highest BCUT2D eigenvalue weighted by atomic mass is 16.5. The largest absolute Gasteiger partial charge is 0.502 e. The summed E-state index contributed by atoms with van der Waals surface area (Å²) in [6.45, 7) is 5.05. The molecule has 0 aliphatic rings. The Hall–Kier alpha value is -2.99. The Kier molecular flexibility index (Phi) is 9.32. The standard InChI is InChI=1S/C24H27NO2/c1-2-26-18-6-4-3-5-7-19-27-24-16-14-22(15-17-24)9-8-21-10-12-23(20-25)13-11-21/h2,8-17H,1,3-7,18-19H2/b9-8+. The van der Waals surface area contributed by atoms with Crippen LogP contribution in [-0.2, 0) is 4.74 Å². The van der Waals surface area contributed by atoms with Gasteiger partial charge in [-0.1, -0.05) is 62.3 Å². The molecule has 0 N–H and O–H groups in total. The molecule has 2 aromatic rings. The van der Waals surface area contributed by atoms with Crippen LogP contribution in [0.5, 0.6) is 5.75 Å². The minimum atomic E-state index is 0.676. The van der Waals surface area contributed by atoms with E-state index < -0.39 is 0 Å². The quantitative estimate of drug-likeness (QED) is 0.256. The molecular weight excluding hydrogens is 334 g/mol. The second-order valence-corrected chi connectivity index (χ2v) is 6.29. The van der Waals surface area contributed by atoms with Crippen molar-refractivity contribution in [2.75, 3.05) is 13.2 Å². The number of hydrogen-bond donors (Lipinski definition) is 0. The first-order valence-corrected chi connectivity index (χ1v) is 9.45. The van der Waals surface area contributed by atoms with E-state index in [-0.39, 0.29) is 0 Å². The molecule has 0 radical (unpaired) electrons. The lowest BCUT2D eigenvalue weighted by atomic mass is 10.1. The first-order valence-electron chi connectivity index (χ1n) is 9.45.